The van der Waals surface area contributed by atoms with E-state index in [2.05, 4.69) is 39.6 Å². The van der Waals surface area contributed by atoms with E-state index in [0.29, 0.717) is 11.6 Å². The van der Waals surface area contributed by atoms with Crippen molar-refractivity contribution in [3.8, 4) is 0 Å². The summed E-state index contributed by atoms with van der Waals surface area (Å²) in [6, 6.07) is 30.1. The lowest BCUT2D eigenvalue weighted by Gasteiger charge is -2.30. The molecule has 2 aromatic heterocycles. The number of benzene rings is 4. The average Bonchev–Trinajstić information content (AvgIpc) is 3.78. The van der Waals surface area contributed by atoms with Gasteiger partial charge in [-0.3, -0.25) is 4.90 Å². The van der Waals surface area contributed by atoms with Crippen LogP contribution in [0, 0.1) is 0 Å². The summed E-state index contributed by atoms with van der Waals surface area (Å²) in [6.07, 6.45) is -0.0867. The number of carbonyl (C=O) groups is 2. The molecule has 0 fully saturated rings. The minimum atomic E-state index is -1.05. The van der Waals surface area contributed by atoms with Crippen molar-refractivity contribution in [2.75, 3.05) is 13.2 Å². The van der Waals surface area contributed by atoms with Gasteiger partial charge in [-0.1, -0.05) is 72.8 Å². The maximum absolute atomic E-state index is 12.9. The molecule has 0 saturated heterocycles. The van der Waals surface area contributed by atoms with Gasteiger partial charge >= 0.3 is 12.2 Å². The second-order valence-electron chi connectivity index (χ2n) is 16.0. The fourth-order valence-corrected chi connectivity index (χ4v) is 6.24. The van der Waals surface area contributed by atoms with Crippen LogP contribution in [0.25, 0.3) is 22.1 Å². The Labute approximate surface area is 327 Å². The molecule has 0 saturated carbocycles. The minimum absolute atomic E-state index is 0.145. The number of hydrogen-bond acceptors (Lipinski definition) is 7. The van der Waals surface area contributed by atoms with Crippen molar-refractivity contribution in [1.82, 2.24) is 30.2 Å². The van der Waals surface area contributed by atoms with Crippen LogP contribution in [0.1, 0.15) is 87.5 Å². The number of aryl methyl sites for hydroxylation is 2. The fourth-order valence-electron chi connectivity index (χ4n) is 6.24. The first-order chi connectivity index (χ1) is 26.7. The predicted molar refractivity (Wildman–Crippen MR) is 216 cm³/mol. The van der Waals surface area contributed by atoms with Crippen molar-refractivity contribution < 1.29 is 28.9 Å². The Balaban J connectivity index is 1.16. The van der Waals surface area contributed by atoms with Gasteiger partial charge in [0.05, 0.1) is 46.5 Å². The van der Waals surface area contributed by atoms with Gasteiger partial charge in [-0.2, -0.15) is 0 Å². The second kappa shape index (κ2) is 17.4. The van der Waals surface area contributed by atoms with Crippen LogP contribution in [0.3, 0.4) is 0 Å². The number of ether oxygens (including phenoxy) is 3. The van der Waals surface area contributed by atoms with Crippen molar-refractivity contribution in [3.05, 3.63) is 131 Å². The zero-order valence-electron chi connectivity index (χ0n) is 33.0. The molecule has 2 atom stereocenters. The van der Waals surface area contributed by atoms with Gasteiger partial charge in [0.15, 0.2) is 0 Å². The third kappa shape index (κ3) is 11.2. The molecular formula is C44H52N6O6. The monoisotopic (exact) mass is 760 g/mol. The van der Waals surface area contributed by atoms with E-state index in [0.717, 1.165) is 57.2 Å². The van der Waals surface area contributed by atoms with Gasteiger partial charge in [0, 0.05) is 6.54 Å². The third-order valence-electron chi connectivity index (χ3n) is 9.16. The van der Waals surface area contributed by atoms with E-state index in [1.165, 1.54) is 4.90 Å². The quantitative estimate of drug-likeness (QED) is 0.0809. The minimum Gasteiger partial charge on any atom is -0.465 e. The molecule has 0 unspecified atom stereocenters. The standard InChI is InChI=1S/C44H52N6O6/c1-43(2,3)55-27-37(49-41(51)54-26-32-15-11-8-12-16-32)39-45-33-21-19-29(23-35(33)47-39)17-18-30-20-22-34-36(24-30)48-40(46-34)38(28-56-44(4,5)6)50(42(52)53)25-31-13-9-7-10-14-31/h7-16,19-24,37-38H,17-18,25-28H2,1-6H3,(H,45,47)(H,46,48)(H,49,51)(H,52,53)/t37-,38-/m0/s1. The molecule has 2 heterocycles. The zero-order valence-corrected chi connectivity index (χ0v) is 33.0. The van der Waals surface area contributed by atoms with Crippen LogP contribution in [-0.4, -0.2) is 66.5 Å². The summed E-state index contributed by atoms with van der Waals surface area (Å²) in [4.78, 5) is 43.3. The molecule has 0 radical (unpaired) electrons. The summed E-state index contributed by atoms with van der Waals surface area (Å²) in [5.74, 6) is 1.11. The number of aromatic amines is 2. The molecule has 0 bridgehead atoms. The summed E-state index contributed by atoms with van der Waals surface area (Å²) in [7, 11) is 0. The summed E-state index contributed by atoms with van der Waals surface area (Å²) in [5.41, 5.74) is 6.32. The molecule has 12 heteroatoms. The fraction of sp³-hybridized carbons (Fsp3) is 0.364. The summed E-state index contributed by atoms with van der Waals surface area (Å²) in [6.45, 7) is 12.4. The van der Waals surface area contributed by atoms with Crippen LogP contribution in [0.15, 0.2) is 97.1 Å². The molecule has 4 N–H and O–H groups in total. The Morgan fingerprint density at radius 2 is 1.29 bits per heavy atom. The van der Waals surface area contributed by atoms with Gasteiger partial charge in [-0.15, -0.1) is 0 Å². The molecule has 12 nitrogen and oxygen atoms in total. The van der Waals surface area contributed by atoms with Gasteiger partial charge in [0.25, 0.3) is 0 Å². The average molecular weight is 761 g/mol. The van der Waals surface area contributed by atoms with E-state index in [-0.39, 0.29) is 26.4 Å². The van der Waals surface area contributed by atoms with E-state index >= 15 is 0 Å². The number of nitrogens with one attached hydrogen (secondary N) is 3. The third-order valence-corrected chi connectivity index (χ3v) is 9.16. The molecule has 0 aliphatic rings. The number of amides is 2. The van der Waals surface area contributed by atoms with Crippen LogP contribution in [0.2, 0.25) is 0 Å². The second-order valence-corrected chi connectivity index (χ2v) is 16.0. The Kier molecular flexibility index (Phi) is 12.4. The molecule has 0 aliphatic heterocycles. The topological polar surface area (TPSA) is 155 Å². The van der Waals surface area contributed by atoms with Crippen LogP contribution in [-0.2, 0) is 40.2 Å². The highest BCUT2D eigenvalue weighted by atomic mass is 16.5. The SMILES string of the molecule is CC(C)(C)OC[C@H](NC(=O)OCc1ccccc1)c1nc2ccc(CCc3ccc4[nH]c([C@H](COC(C)(C)C)N(Cc5ccccc5)C(=O)O)nc4c3)cc2[nH]1. The molecule has 56 heavy (non-hydrogen) atoms. The molecule has 6 aromatic rings. The Bertz CT molecular complexity index is 2220. The highest BCUT2D eigenvalue weighted by Crippen LogP contribution is 2.27. The molecule has 0 spiro atoms. The first-order valence-corrected chi connectivity index (χ1v) is 18.9. The van der Waals surface area contributed by atoms with Crippen molar-refractivity contribution in [2.24, 2.45) is 0 Å². The lowest BCUT2D eigenvalue weighted by molar-refractivity contribution is -0.0357. The Morgan fingerprint density at radius 3 is 1.95 bits per heavy atom. The molecule has 4 aromatic carbocycles. The molecule has 294 valence electrons. The molecular weight excluding hydrogens is 709 g/mol. The summed E-state index contributed by atoms with van der Waals surface area (Å²) in [5, 5.41) is 13.3. The lowest BCUT2D eigenvalue weighted by atomic mass is 10.0. The molecule has 2 amide bonds. The number of aromatic nitrogens is 4. The normalized spacial score (nSPS) is 13.1. The number of hydrogen-bond donors (Lipinski definition) is 4. The van der Waals surface area contributed by atoms with E-state index < -0.39 is 35.5 Å². The highest BCUT2D eigenvalue weighted by Gasteiger charge is 2.30. The Morgan fingerprint density at radius 1 is 0.696 bits per heavy atom. The summed E-state index contributed by atoms with van der Waals surface area (Å²) < 4.78 is 17.7. The summed E-state index contributed by atoms with van der Waals surface area (Å²) >= 11 is 0. The maximum Gasteiger partial charge on any atom is 0.408 e. The smallest absolute Gasteiger partial charge is 0.408 e. The van der Waals surface area contributed by atoms with Gasteiger partial charge in [-0.25, -0.2) is 19.6 Å². The highest BCUT2D eigenvalue weighted by molar-refractivity contribution is 5.77. The predicted octanol–water partition coefficient (Wildman–Crippen LogP) is 9.04. The first-order valence-electron chi connectivity index (χ1n) is 18.9. The maximum atomic E-state index is 12.9. The number of H-pyrrole nitrogens is 2. The van der Waals surface area contributed by atoms with Gasteiger partial charge in [0.2, 0.25) is 0 Å². The lowest BCUT2D eigenvalue weighted by Crippen LogP contribution is -2.38. The Hall–Kier alpha value is -5.72. The van der Waals surface area contributed by atoms with E-state index in [4.69, 9.17) is 24.2 Å². The van der Waals surface area contributed by atoms with Crippen LogP contribution >= 0.6 is 0 Å². The largest absolute Gasteiger partial charge is 0.465 e. The van der Waals surface area contributed by atoms with Crippen molar-refractivity contribution in [2.45, 2.75) is 90.8 Å². The van der Waals surface area contributed by atoms with Crippen molar-refractivity contribution in [1.29, 1.82) is 0 Å². The molecule has 6 rings (SSSR count). The van der Waals surface area contributed by atoms with Crippen molar-refractivity contribution >= 4 is 34.3 Å². The number of rotatable bonds is 15. The zero-order chi connectivity index (χ0) is 39.9. The van der Waals surface area contributed by atoms with Crippen LogP contribution < -0.4 is 5.32 Å². The van der Waals surface area contributed by atoms with E-state index in [1.54, 1.807) is 0 Å². The number of nitrogens with zero attached hydrogens (tertiary/aromatic N) is 3. The molecule has 0 aliphatic carbocycles. The van der Waals surface area contributed by atoms with Gasteiger partial charge < -0.3 is 34.6 Å². The van der Waals surface area contributed by atoms with Crippen LogP contribution in [0.4, 0.5) is 9.59 Å². The number of alkyl carbamates (subject to hydrolysis) is 1. The number of fused-ring (bicyclic) bond motifs is 2. The van der Waals surface area contributed by atoms with Gasteiger partial charge in [-0.05, 0) is 101 Å². The van der Waals surface area contributed by atoms with E-state index in [1.807, 2.05) is 114 Å². The number of imidazole rings is 2. The number of carboxylic acid groups (broad SMARTS) is 1. The number of carbonyl (C=O) groups excluding carboxylic acids is 1. The van der Waals surface area contributed by atoms with Gasteiger partial charge in [0.1, 0.15) is 30.3 Å². The van der Waals surface area contributed by atoms with Crippen molar-refractivity contribution in [3.63, 3.8) is 0 Å². The first kappa shape index (κ1) is 40.0. The van der Waals surface area contributed by atoms with Crippen LogP contribution in [0.5, 0.6) is 0 Å². The van der Waals surface area contributed by atoms with E-state index in [9.17, 15) is 14.7 Å².